The van der Waals surface area contributed by atoms with Gasteiger partial charge in [0.2, 0.25) is 0 Å². The van der Waals surface area contributed by atoms with Crippen molar-refractivity contribution in [2.24, 2.45) is 5.92 Å². The van der Waals surface area contributed by atoms with Gasteiger partial charge >= 0.3 is 6.36 Å². The minimum absolute atomic E-state index is 0.314. The molecule has 0 saturated heterocycles. The van der Waals surface area contributed by atoms with Crippen molar-refractivity contribution in [3.63, 3.8) is 0 Å². The topological polar surface area (TPSA) is 9.23 Å². The maximum absolute atomic E-state index is 14.6. The predicted octanol–water partition coefficient (Wildman–Crippen LogP) is 7.08. The van der Waals surface area contributed by atoms with E-state index < -0.39 is 6.36 Å². The van der Waals surface area contributed by atoms with Gasteiger partial charge in [-0.1, -0.05) is 37.6 Å². The van der Waals surface area contributed by atoms with Gasteiger partial charge in [0.25, 0.3) is 0 Å². The molecule has 0 spiro atoms. The summed E-state index contributed by atoms with van der Waals surface area (Å²) in [5, 5.41) is 0. The van der Waals surface area contributed by atoms with Crippen molar-refractivity contribution in [1.82, 2.24) is 0 Å². The fourth-order valence-corrected chi connectivity index (χ4v) is 3.76. The fraction of sp³-hybridized carbons (Fsp3) is 0.429. The van der Waals surface area contributed by atoms with Crippen molar-refractivity contribution >= 4 is 0 Å². The van der Waals surface area contributed by atoms with Crippen LogP contribution in [0.25, 0.3) is 11.1 Å². The van der Waals surface area contributed by atoms with Crippen LogP contribution in [0.1, 0.15) is 50.5 Å². The molecular weight excluding hydrogens is 344 g/mol. The van der Waals surface area contributed by atoms with Crippen LogP contribution in [-0.4, -0.2) is 6.36 Å². The van der Waals surface area contributed by atoms with Crippen molar-refractivity contribution in [2.75, 3.05) is 0 Å². The lowest BCUT2D eigenvalue weighted by atomic mass is 9.77. The Kier molecular flexibility index (Phi) is 5.54. The van der Waals surface area contributed by atoms with E-state index in [1.807, 2.05) is 6.07 Å². The van der Waals surface area contributed by atoms with E-state index in [-0.39, 0.29) is 11.6 Å². The Morgan fingerprint density at radius 2 is 1.62 bits per heavy atom. The predicted molar refractivity (Wildman–Crippen MR) is 93.5 cm³/mol. The molecule has 0 unspecified atom stereocenters. The average molecular weight is 366 g/mol. The summed E-state index contributed by atoms with van der Waals surface area (Å²) in [7, 11) is 0. The first kappa shape index (κ1) is 18.7. The van der Waals surface area contributed by atoms with Crippen LogP contribution in [0.5, 0.6) is 5.75 Å². The van der Waals surface area contributed by atoms with Gasteiger partial charge < -0.3 is 4.74 Å². The largest absolute Gasteiger partial charge is 0.573 e. The van der Waals surface area contributed by atoms with Gasteiger partial charge in [-0.15, -0.1) is 13.2 Å². The number of rotatable bonds is 4. The van der Waals surface area contributed by atoms with E-state index in [0.717, 1.165) is 24.3 Å². The maximum atomic E-state index is 14.6. The van der Waals surface area contributed by atoms with Gasteiger partial charge in [-0.25, -0.2) is 4.39 Å². The number of halogens is 4. The molecule has 26 heavy (non-hydrogen) atoms. The molecule has 0 radical (unpaired) electrons. The zero-order chi connectivity index (χ0) is 18.7. The highest BCUT2D eigenvalue weighted by molar-refractivity contribution is 5.65. The lowest BCUT2D eigenvalue weighted by Gasteiger charge is -2.28. The molecule has 2 aromatic rings. The highest BCUT2D eigenvalue weighted by atomic mass is 19.4. The van der Waals surface area contributed by atoms with Crippen LogP contribution < -0.4 is 4.74 Å². The Balaban J connectivity index is 1.73. The van der Waals surface area contributed by atoms with Crippen LogP contribution in [-0.2, 0) is 0 Å². The summed E-state index contributed by atoms with van der Waals surface area (Å²) < 4.78 is 55.1. The van der Waals surface area contributed by atoms with Gasteiger partial charge in [0, 0.05) is 5.56 Å². The molecule has 0 aromatic heterocycles. The van der Waals surface area contributed by atoms with Gasteiger partial charge in [-0.3, -0.25) is 0 Å². The Labute approximate surface area is 151 Å². The third kappa shape index (κ3) is 4.57. The molecule has 1 nitrogen and oxygen atoms in total. The minimum Gasteiger partial charge on any atom is -0.406 e. The highest BCUT2D eigenvalue weighted by Crippen LogP contribution is 2.38. The molecule has 3 rings (SSSR count). The molecule has 0 bridgehead atoms. The van der Waals surface area contributed by atoms with Crippen molar-refractivity contribution in [3.05, 3.63) is 53.8 Å². The first-order chi connectivity index (χ1) is 12.4. The lowest BCUT2D eigenvalue weighted by Crippen LogP contribution is -2.16. The van der Waals surface area contributed by atoms with Crippen molar-refractivity contribution in [3.8, 4) is 16.9 Å². The van der Waals surface area contributed by atoms with Crippen LogP contribution in [0.3, 0.4) is 0 Å². The second kappa shape index (κ2) is 7.68. The second-order valence-corrected chi connectivity index (χ2v) is 6.94. The normalized spacial score (nSPS) is 20.8. The Bertz CT molecular complexity index is 729. The van der Waals surface area contributed by atoms with Gasteiger partial charge in [0.15, 0.2) is 0 Å². The van der Waals surface area contributed by atoms with Gasteiger partial charge in [0.05, 0.1) is 0 Å². The molecule has 0 aliphatic heterocycles. The highest BCUT2D eigenvalue weighted by Gasteiger charge is 2.31. The first-order valence-corrected chi connectivity index (χ1v) is 9.01. The van der Waals surface area contributed by atoms with Gasteiger partial charge in [-0.05, 0) is 66.8 Å². The van der Waals surface area contributed by atoms with E-state index in [1.54, 1.807) is 12.1 Å². The monoisotopic (exact) mass is 366 g/mol. The van der Waals surface area contributed by atoms with Crippen LogP contribution in [0.2, 0.25) is 0 Å². The number of benzene rings is 2. The summed E-state index contributed by atoms with van der Waals surface area (Å²) in [5.41, 5.74) is 1.92. The Hall–Kier alpha value is -2.04. The second-order valence-electron chi connectivity index (χ2n) is 6.94. The van der Waals surface area contributed by atoms with E-state index >= 15 is 0 Å². The molecule has 0 amide bonds. The summed E-state index contributed by atoms with van der Waals surface area (Å²) in [4.78, 5) is 0. The summed E-state index contributed by atoms with van der Waals surface area (Å²) in [5.74, 6) is 0.521. The fourth-order valence-electron chi connectivity index (χ4n) is 3.76. The van der Waals surface area contributed by atoms with Crippen molar-refractivity contribution < 1.29 is 22.3 Å². The molecule has 5 heteroatoms. The van der Waals surface area contributed by atoms with E-state index in [1.165, 1.54) is 43.5 Å². The van der Waals surface area contributed by atoms with E-state index in [4.69, 9.17) is 0 Å². The van der Waals surface area contributed by atoms with Crippen molar-refractivity contribution in [2.45, 2.75) is 51.3 Å². The molecule has 2 aromatic carbocycles. The number of hydrogen-bond donors (Lipinski definition) is 0. The van der Waals surface area contributed by atoms with Crippen molar-refractivity contribution in [1.29, 1.82) is 0 Å². The van der Waals surface area contributed by atoms with Crippen LogP contribution in [0.15, 0.2) is 42.5 Å². The summed E-state index contributed by atoms with van der Waals surface area (Å²) in [6.07, 6.45) is 1.01. The molecule has 0 heterocycles. The van der Waals surface area contributed by atoms with Crippen LogP contribution >= 0.6 is 0 Å². The molecule has 1 saturated carbocycles. The zero-order valence-corrected chi connectivity index (χ0v) is 14.7. The SMILES string of the molecule is CCC1CCC(c2ccc(-c3ccc(OC(F)(F)F)cc3)c(F)c2)CC1. The maximum Gasteiger partial charge on any atom is 0.573 e. The number of ether oxygens (including phenoxy) is 1. The first-order valence-electron chi connectivity index (χ1n) is 9.01. The summed E-state index contributed by atoms with van der Waals surface area (Å²) >= 11 is 0. The van der Waals surface area contributed by atoms with Gasteiger partial charge in [-0.2, -0.15) is 0 Å². The number of alkyl halides is 3. The minimum atomic E-state index is -4.73. The Morgan fingerprint density at radius 1 is 0.962 bits per heavy atom. The molecule has 1 aliphatic carbocycles. The van der Waals surface area contributed by atoms with E-state index in [2.05, 4.69) is 11.7 Å². The standard InChI is InChI=1S/C21H22F4O/c1-2-14-3-5-15(6-4-14)17-9-12-19(20(22)13-17)16-7-10-18(11-8-16)26-21(23,24)25/h7-15H,2-6H2,1H3. The third-order valence-corrected chi connectivity index (χ3v) is 5.29. The molecule has 1 fully saturated rings. The van der Waals surface area contributed by atoms with E-state index in [0.29, 0.717) is 17.0 Å². The van der Waals surface area contributed by atoms with Gasteiger partial charge in [0.1, 0.15) is 11.6 Å². The molecule has 140 valence electrons. The molecule has 1 aliphatic rings. The van der Waals surface area contributed by atoms with Crippen LogP contribution in [0.4, 0.5) is 17.6 Å². The molecule has 0 atom stereocenters. The summed E-state index contributed by atoms with van der Waals surface area (Å²) in [6.45, 7) is 2.21. The average Bonchev–Trinajstić information content (AvgIpc) is 2.61. The molecular formula is C21H22F4O. The zero-order valence-electron chi connectivity index (χ0n) is 14.7. The van der Waals surface area contributed by atoms with E-state index in [9.17, 15) is 17.6 Å². The Morgan fingerprint density at radius 3 is 2.15 bits per heavy atom. The lowest BCUT2D eigenvalue weighted by molar-refractivity contribution is -0.274. The van der Waals surface area contributed by atoms with Crippen LogP contribution in [0, 0.1) is 11.7 Å². The quantitative estimate of drug-likeness (QED) is 0.526. The smallest absolute Gasteiger partial charge is 0.406 e. The molecule has 0 N–H and O–H groups in total. The summed E-state index contributed by atoms with van der Waals surface area (Å²) in [6, 6.07) is 10.5. The third-order valence-electron chi connectivity index (χ3n) is 5.29. The number of hydrogen-bond acceptors (Lipinski definition) is 1.